The average molecular weight is 329 g/mol. The summed E-state index contributed by atoms with van der Waals surface area (Å²) in [4.78, 5) is 34.9. The van der Waals surface area contributed by atoms with Gasteiger partial charge in [-0.1, -0.05) is 30.3 Å². The van der Waals surface area contributed by atoms with Gasteiger partial charge in [0.05, 0.1) is 19.2 Å². The number of carbonyl (C=O) groups is 3. The maximum atomic E-state index is 11.7. The summed E-state index contributed by atoms with van der Waals surface area (Å²) in [6.07, 6.45) is 1.64. The molecule has 7 nitrogen and oxygen atoms in total. The first-order chi connectivity index (χ1) is 11.6. The molecule has 1 heterocycles. The summed E-state index contributed by atoms with van der Waals surface area (Å²) in [5.41, 5.74) is 0.885. The van der Waals surface area contributed by atoms with E-state index in [1.165, 1.54) is 6.26 Å². The third-order valence-corrected chi connectivity index (χ3v) is 3.13. The first-order valence-corrected chi connectivity index (χ1v) is 7.54. The molecular weight excluding hydrogens is 310 g/mol. The lowest BCUT2D eigenvalue weighted by atomic mass is 10.1. The molecule has 2 rings (SSSR count). The van der Waals surface area contributed by atoms with E-state index in [-0.39, 0.29) is 49.5 Å². The van der Waals surface area contributed by atoms with Crippen LogP contribution in [0.25, 0.3) is 0 Å². The topological polar surface area (TPSA) is 100 Å². The lowest BCUT2D eigenvalue weighted by Crippen LogP contribution is -2.40. The summed E-state index contributed by atoms with van der Waals surface area (Å²) in [7, 11) is 0. The van der Waals surface area contributed by atoms with Gasteiger partial charge in [0.2, 0.25) is 11.8 Å². The molecule has 0 unspecified atom stereocenters. The second-order valence-electron chi connectivity index (χ2n) is 5.02. The van der Waals surface area contributed by atoms with Crippen LogP contribution in [-0.4, -0.2) is 37.4 Å². The molecule has 0 spiro atoms. The van der Waals surface area contributed by atoms with Crippen molar-refractivity contribution in [2.45, 2.75) is 6.42 Å². The number of rotatable bonds is 8. The molecule has 0 saturated heterocycles. The molecule has 0 aliphatic rings. The number of furan rings is 1. The van der Waals surface area contributed by atoms with Gasteiger partial charge in [-0.05, 0) is 17.7 Å². The molecule has 7 heteroatoms. The van der Waals surface area contributed by atoms with E-state index in [0.717, 1.165) is 5.56 Å². The maximum Gasteiger partial charge on any atom is 0.287 e. The Labute approximate surface area is 139 Å². The highest BCUT2D eigenvalue weighted by Crippen LogP contribution is 1.99. The number of hydrogen-bond donors (Lipinski definition) is 3. The van der Waals surface area contributed by atoms with Crippen LogP contribution in [0.15, 0.2) is 53.1 Å². The Morgan fingerprint density at radius 3 is 2.29 bits per heavy atom. The summed E-state index contributed by atoms with van der Waals surface area (Å²) < 4.78 is 4.94. The highest BCUT2D eigenvalue weighted by molar-refractivity contribution is 5.91. The highest BCUT2D eigenvalue weighted by Gasteiger charge is 2.08. The van der Waals surface area contributed by atoms with Gasteiger partial charge in [-0.25, -0.2) is 0 Å². The molecule has 24 heavy (non-hydrogen) atoms. The SMILES string of the molecule is O=C(CNC(=O)Cc1ccccc1)NCCNC(=O)c1ccco1. The van der Waals surface area contributed by atoms with Gasteiger partial charge in [0, 0.05) is 13.1 Å². The van der Waals surface area contributed by atoms with Crippen LogP contribution in [-0.2, 0) is 16.0 Å². The summed E-state index contributed by atoms with van der Waals surface area (Å²) in [5, 5.41) is 7.76. The molecule has 0 aliphatic carbocycles. The lowest BCUT2D eigenvalue weighted by Gasteiger charge is -2.07. The van der Waals surface area contributed by atoms with E-state index < -0.39 is 0 Å². The Morgan fingerprint density at radius 2 is 1.58 bits per heavy atom. The van der Waals surface area contributed by atoms with Gasteiger partial charge >= 0.3 is 0 Å². The third kappa shape index (κ3) is 5.96. The van der Waals surface area contributed by atoms with Crippen LogP contribution < -0.4 is 16.0 Å². The van der Waals surface area contributed by atoms with Crippen LogP contribution in [0.3, 0.4) is 0 Å². The van der Waals surface area contributed by atoms with Crippen molar-refractivity contribution in [3.05, 3.63) is 60.1 Å². The van der Waals surface area contributed by atoms with Crippen molar-refractivity contribution in [3.63, 3.8) is 0 Å². The Hall–Kier alpha value is -3.09. The van der Waals surface area contributed by atoms with E-state index in [1.54, 1.807) is 12.1 Å². The minimum absolute atomic E-state index is 0.0994. The van der Waals surface area contributed by atoms with Crippen LogP contribution in [0.1, 0.15) is 16.1 Å². The normalized spacial score (nSPS) is 10.0. The molecule has 3 amide bonds. The van der Waals surface area contributed by atoms with Crippen LogP contribution >= 0.6 is 0 Å². The first-order valence-electron chi connectivity index (χ1n) is 7.54. The molecular formula is C17H19N3O4. The zero-order valence-corrected chi connectivity index (χ0v) is 13.1. The molecule has 3 N–H and O–H groups in total. The maximum absolute atomic E-state index is 11.7. The van der Waals surface area contributed by atoms with Crippen molar-refractivity contribution in [2.75, 3.05) is 19.6 Å². The number of carbonyl (C=O) groups excluding carboxylic acids is 3. The van der Waals surface area contributed by atoms with Crippen molar-refractivity contribution in [3.8, 4) is 0 Å². The summed E-state index contributed by atoms with van der Waals surface area (Å²) in [5.74, 6) is -0.661. The standard InChI is InChI=1S/C17H19N3O4/c21-15(11-13-5-2-1-3-6-13)20-12-16(22)18-8-9-19-17(23)14-7-4-10-24-14/h1-7,10H,8-9,11-12H2,(H,18,22)(H,19,23)(H,20,21). The fourth-order valence-corrected chi connectivity index (χ4v) is 1.96. The molecule has 1 aromatic heterocycles. The van der Waals surface area contributed by atoms with Crippen molar-refractivity contribution in [1.29, 1.82) is 0 Å². The average Bonchev–Trinajstić information content (AvgIpc) is 3.12. The molecule has 0 aliphatic heterocycles. The molecule has 1 aromatic carbocycles. The van der Waals surface area contributed by atoms with Gasteiger partial charge in [0.25, 0.3) is 5.91 Å². The molecule has 0 radical (unpaired) electrons. The largest absolute Gasteiger partial charge is 0.459 e. The molecule has 0 fully saturated rings. The molecule has 0 atom stereocenters. The van der Waals surface area contributed by atoms with E-state index in [1.807, 2.05) is 30.3 Å². The minimum atomic E-state index is -0.342. The summed E-state index contributed by atoms with van der Waals surface area (Å²) in [6, 6.07) is 12.5. The van der Waals surface area contributed by atoms with E-state index in [4.69, 9.17) is 4.42 Å². The number of amides is 3. The third-order valence-electron chi connectivity index (χ3n) is 3.13. The zero-order chi connectivity index (χ0) is 17.2. The van der Waals surface area contributed by atoms with E-state index in [0.29, 0.717) is 0 Å². The predicted octanol–water partition coefficient (Wildman–Crippen LogP) is 0.484. The van der Waals surface area contributed by atoms with E-state index in [9.17, 15) is 14.4 Å². The Balaban J connectivity index is 1.56. The van der Waals surface area contributed by atoms with E-state index in [2.05, 4.69) is 16.0 Å². The fourth-order valence-electron chi connectivity index (χ4n) is 1.96. The minimum Gasteiger partial charge on any atom is -0.459 e. The molecule has 2 aromatic rings. The number of nitrogens with one attached hydrogen (secondary N) is 3. The smallest absolute Gasteiger partial charge is 0.287 e. The van der Waals surface area contributed by atoms with Crippen molar-refractivity contribution in [1.82, 2.24) is 16.0 Å². The summed E-state index contributed by atoms with van der Waals surface area (Å²) in [6.45, 7) is 0.431. The van der Waals surface area contributed by atoms with Crippen LogP contribution in [0, 0.1) is 0 Å². The summed E-state index contributed by atoms with van der Waals surface area (Å²) >= 11 is 0. The highest BCUT2D eigenvalue weighted by atomic mass is 16.3. The second kappa shape index (κ2) is 9.14. The molecule has 126 valence electrons. The number of benzene rings is 1. The van der Waals surface area contributed by atoms with Crippen LogP contribution in [0.2, 0.25) is 0 Å². The second-order valence-corrected chi connectivity index (χ2v) is 5.02. The fraction of sp³-hybridized carbons (Fsp3) is 0.235. The van der Waals surface area contributed by atoms with Gasteiger partial charge in [-0.2, -0.15) is 0 Å². The van der Waals surface area contributed by atoms with E-state index >= 15 is 0 Å². The predicted molar refractivity (Wildman–Crippen MR) is 87.2 cm³/mol. The van der Waals surface area contributed by atoms with Crippen molar-refractivity contribution < 1.29 is 18.8 Å². The van der Waals surface area contributed by atoms with Gasteiger partial charge in [-0.3, -0.25) is 14.4 Å². The van der Waals surface area contributed by atoms with Gasteiger partial charge in [0.1, 0.15) is 0 Å². The van der Waals surface area contributed by atoms with Gasteiger partial charge < -0.3 is 20.4 Å². The van der Waals surface area contributed by atoms with Crippen LogP contribution in [0.4, 0.5) is 0 Å². The first kappa shape index (κ1) is 17.3. The van der Waals surface area contributed by atoms with Crippen LogP contribution in [0.5, 0.6) is 0 Å². The Kier molecular flexibility index (Phi) is 6.58. The quantitative estimate of drug-likeness (QED) is 0.613. The lowest BCUT2D eigenvalue weighted by molar-refractivity contribution is -0.125. The zero-order valence-electron chi connectivity index (χ0n) is 13.1. The Bertz CT molecular complexity index is 668. The van der Waals surface area contributed by atoms with Crippen molar-refractivity contribution in [2.24, 2.45) is 0 Å². The molecule has 0 bridgehead atoms. The Morgan fingerprint density at radius 1 is 0.833 bits per heavy atom. The monoisotopic (exact) mass is 329 g/mol. The van der Waals surface area contributed by atoms with Crippen molar-refractivity contribution >= 4 is 17.7 Å². The molecule has 0 saturated carbocycles. The van der Waals surface area contributed by atoms with Gasteiger partial charge in [0.15, 0.2) is 5.76 Å². The number of hydrogen-bond acceptors (Lipinski definition) is 4. The van der Waals surface area contributed by atoms with Gasteiger partial charge in [-0.15, -0.1) is 0 Å².